The fourth-order valence-corrected chi connectivity index (χ4v) is 2.40. The van der Waals surface area contributed by atoms with Gasteiger partial charge in [0.2, 0.25) is 0 Å². The van der Waals surface area contributed by atoms with Crippen molar-refractivity contribution in [3.63, 3.8) is 0 Å². The number of likely N-dealkylation sites (N-methyl/N-ethyl adjacent to an activating group) is 1. The summed E-state index contributed by atoms with van der Waals surface area (Å²) < 4.78 is 0. The Labute approximate surface area is 112 Å². The molecule has 18 heavy (non-hydrogen) atoms. The third kappa shape index (κ3) is 2.57. The number of hydrogen-bond donors (Lipinski definition) is 1. The van der Waals surface area contributed by atoms with Crippen LogP contribution < -0.4 is 5.73 Å². The van der Waals surface area contributed by atoms with Gasteiger partial charge in [0.05, 0.1) is 10.6 Å². The lowest BCUT2D eigenvalue weighted by molar-refractivity contribution is 0.0533. The van der Waals surface area contributed by atoms with Crippen molar-refractivity contribution < 1.29 is 4.79 Å². The number of rotatable bonds is 1. The van der Waals surface area contributed by atoms with Gasteiger partial charge in [-0.25, -0.2) is 4.98 Å². The number of nitrogens with two attached hydrogens (primary N) is 1. The van der Waals surface area contributed by atoms with E-state index >= 15 is 0 Å². The summed E-state index contributed by atoms with van der Waals surface area (Å²) in [5, 5.41) is 0.348. The maximum absolute atomic E-state index is 12.4. The first-order valence-corrected chi connectivity index (χ1v) is 6.27. The average Bonchev–Trinajstić information content (AvgIpc) is 2.31. The molecular weight excluding hydrogens is 252 g/mol. The Morgan fingerprint density at radius 3 is 2.94 bits per heavy atom. The third-order valence-electron chi connectivity index (χ3n) is 3.20. The molecule has 6 heteroatoms. The van der Waals surface area contributed by atoms with Gasteiger partial charge >= 0.3 is 0 Å². The van der Waals surface area contributed by atoms with Crippen LogP contribution in [-0.2, 0) is 0 Å². The van der Waals surface area contributed by atoms with E-state index in [9.17, 15) is 4.79 Å². The zero-order valence-electron chi connectivity index (χ0n) is 10.6. The fraction of sp³-hybridized carbons (Fsp3) is 0.500. The Kier molecular flexibility index (Phi) is 3.73. The van der Waals surface area contributed by atoms with E-state index < -0.39 is 0 Å². The lowest BCUT2D eigenvalue weighted by Gasteiger charge is -2.38. The standard InChI is InChI=1S/C12H17ClN4O/c1-8-7-16(2)3-4-17(8)12(18)9-5-11(14)15-6-10(9)13/h5-6,8H,3-4,7H2,1-2H3,(H2,14,15). The number of nitrogens with zero attached hydrogens (tertiary/aromatic N) is 3. The second-order valence-corrected chi connectivity index (χ2v) is 5.11. The lowest BCUT2D eigenvalue weighted by atomic mass is 10.1. The molecule has 1 amide bonds. The van der Waals surface area contributed by atoms with E-state index in [1.54, 1.807) is 0 Å². The highest BCUT2D eigenvalue weighted by Gasteiger charge is 2.27. The van der Waals surface area contributed by atoms with Crippen molar-refractivity contribution in [2.75, 3.05) is 32.4 Å². The van der Waals surface area contributed by atoms with Gasteiger partial charge in [-0.1, -0.05) is 11.6 Å². The topological polar surface area (TPSA) is 62.5 Å². The first kappa shape index (κ1) is 13.1. The van der Waals surface area contributed by atoms with Crippen molar-refractivity contribution in [1.29, 1.82) is 0 Å². The Balaban J connectivity index is 2.23. The van der Waals surface area contributed by atoms with Crippen molar-refractivity contribution in [3.05, 3.63) is 22.8 Å². The second-order valence-electron chi connectivity index (χ2n) is 4.70. The SMILES string of the molecule is CC1CN(C)CCN1C(=O)c1cc(N)ncc1Cl. The molecule has 2 rings (SSSR count). The van der Waals surface area contributed by atoms with Gasteiger partial charge in [-0.3, -0.25) is 4.79 Å². The number of piperazine rings is 1. The molecule has 0 aromatic carbocycles. The van der Waals surface area contributed by atoms with Gasteiger partial charge in [0, 0.05) is 31.9 Å². The predicted molar refractivity (Wildman–Crippen MR) is 71.7 cm³/mol. The first-order valence-electron chi connectivity index (χ1n) is 5.89. The van der Waals surface area contributed by atoms with Crippen molar-refractivity contribution in [2.45, 2.75) is 13.0 Å². The predicted octanol–water partition coefficient (Wildman–Crippen LogP) is 1.09. The normalized spacial score (nSPS) is 21.1. The molecule has 0 radical (unpaired) electrons. The largest absolute Gasteiger partial charge is 0.384 e. The number of carbonyl (C=O) groups is 1. The number of aromatic nitrogens is 1. The van der Waals surface area contributed by atoms with Gasteiger partial charge in [0.25, 0.3) is 5.91 Å². The highest BCUT2D eigenvalue weighted by molar-refractivity contribution is 6.33. The molecule has 1 atom stereocenters. The number of nitrogen functional groups attached to an aromatic ring is 1. The van der Waals surface area contributed by atoms with E-state index in [0.29, 0.717) is 22.9 Å². The number of carbonyl (C=O) groups excluding carboxylic acids is 1. The van der Waals surface area contributed by atoms with Crippen LogP contribution in [0.3, 0.4) is 0 Å². The van der Waals surface area contributed by atoms with Crippen LogP contribution >= 0.6 is 11.6 Å². The monoisotopic (exact) mass is 268 g/mol. The second kappa shape index (κ2) is 5.12. The van der Waals surface area contributed by atoms with Crippen LogP contribution in [0.2, 0.25) is 5.02 Å². The molecular formula is C12H17ClN4O. The number of hydrogen-bond acceptors (Lipinski definition) is 4. The summed E-state index contributed by atoms with van der Waals surface area (Å²) >= 11 is 6.01. The van der Waals surface area contributed by atoms with Gasteiger partial charge in [-0.05, 0) is 20.0 Å². The van der Waals surface area contributed by atoms with E-state index in [4.69, 9.17) is 17.3 Å². The molecule has 2 N–H and O–H groups in total. The minimum atomic E-state index is -0.0744. The van der Waals surface area contributed by atoms with Crippen molar-refractivity contribution in [1.82, 2.24) is 14.8 Å². The summed E-state index contributed by atoms with van der Waals surface area (Å²) in [7, 11) is 2.05. The molecule has 1 aromatic heterocycles. The number of anilines is 1. The summed E-state index contributed by atoms with van der Waals surface area (Å²) in [5.41, 5.74) is 6.03. The summed E-state index contributed by atoms with van der Waals surface area (Å²) in [6.45, 7) is 4.47. The van der Waals surface area contributed by atoms with Crippen LogP contribution in [0.4, 0.5) is 5.82 Å². The molecule has 1 aliphatic rings. The van der Waals surface area contributed by atoms with Gasteiger partial charge < -0.3 is 15.5 Å². The highest BCUT2D eigenvalue weighted by Crippen LogP contribution is 2.21. The fourth-order valence-electron chi connectivity index (χ4n) is 2.21. The molecule has 98 valence electrons. The van der Waals surface area contributed by atoms with Crippen molar-refractivity contribution in [3.8, 4) is 0 Å². The number of halogens is 1. The van der Waals surface area contributed by atoms with E-state index in [1.165, 1.54) is 12.3 Å². The van der Waals surface area contributed by atoms with Crippen LogP contribution in [0, 0.1) is 0 Å². The summed E-state index contributed by atoms with van der Waals surface area (Å²) in [4.78, 5) is 20.3. The zero-order chi connectivity index (χ0) is 13.3. The molecule has 1 saturated heterocycles. The van der Waals surface area contributed by atoms with Crippen molar-refractivity contribution >= 4 is 23.3 Å². The van der Waals surface area contributed by atoms with E-state index in [2.05, 4.69) is 16.9 Å². The summed E-state index contributed by atoms with van der Waals surface area (Å²) in [6.07, 6.45) is 1.42. The van der Waals surface area contributed by atoms with Gasteiger partial charge in [0.1, 0.15) is 5.82 Å². The Morgan fingerprint density at radius 1 is 1.56 bits per heavy atom. The summed E-state index contributed by atoms with van der Waals surface area (Å²) in [5.74, 6) is 0.235. The van der Waals surface area contributed by atoms with Crippen LogP contribution in [0.25, 0.3) is 0 Å². The maximum Gasteiger partial charge on any atom is 0.255 e. The highest BCUT2D eigenvalue weighted by atomic mass is 35.5. The van der Waals surface area contributed by atoms with Crippen molar-refractivity contribution in [2.24, 2.45) is 0 Å². The average molecular weight is 269 g/mol. The van der Waals surface area contributed by atoms with Gasteiger partial charge in [0.15, 0.2) is 0 Å². The molecule has 1 aliphatic heterocycles. The number of amides is 1. The van der Waals surface area contributed by atoms with Gasteiger partial charge in [-0.2, -0.15) is 0 Å². The lowest BCUT2D eigenvalue weighted by Crippen LogP contribution is -2.52. The smallest absolute Gasteiger partial charge is 0.255 e. The minimum Gasteiger partial charge on any atom is -0.384 e. The van der Waals surface area contributed by atoms with E-state index in [0.717, 1.165) is 13.1 Å². The zero-order valence-corrected chi connectivity index (χ0v) is 11.3. The maximum atomic E-state index is 12.4. The Bertz CT molecular complexity index is 465. The summed E-state index contributed by atoms with van der Waals surface area (Å²) in [6, 6.07) is 1.71. The molecule has 0 saturated carbocycles. The van der Waals surface area contributed by atoms with E-state index in [-0.39, 0.29) is 11.9 Å². The Hall–Kier alpha value is -1.33. The molecule has 1 unspecified atom stereocenters. The molecule has 0 spiro atoms. The van der Waals surface area contributed by atoms with Gasteiger partial charge in [-0.15, -0.1) is 0 Å². The third-order valence-corrected chi connectivity index (χ3v) is 3.50. The molecule has 1 fully saturated rings. The van der Waals surface area contributed by atoms with Crippen LogP contribution in [0.1, 0.15) is 17.3 Å². The van der Waals surface area contributed by atoms with Crippen LogP contribution in [0.5, 0.6) is 0 Å². The van der Waals surface area contributed by atoms with Crippen LogP contribution in [0.15, 0.2) is 12.3 Å². The minimum absolute atomic E-state index is 0.0744. The number of pyridine rings is 1. The molecule has 0 aliphatic carbocycles. The molecule has 0 bridgehead atoms. The van der Waals surface area contributed by atoms with Crippen LogP contribution in [-0.4, -0.2) is 53.4 Å². The first-order chi connectivity index (χ1) is 8.49. The molecule has 1 aromatic rings. The molecule has 5 nitrogen and oxygen atoms in total. The molecule has 2 heterocycles. The Morgan fingerprint density at radius 2 is 2.28 bits per heavy atom. The van der Waals surface area contributed by atoms with E-state index in [1.807, 2.05) is 11.8 Å². The quantitative estimate of drug-likeness (QED) is 0.828.